The molecule has 0 aromatic heterocycles. The number of amides is 1. The van der Waals surface area contributed by atoms with Gasteiger partial charge in [-0.05, 0) is 42.9 Å². The Hall–Kier alpha value is -1.31. The molecule has 2 rings (SSSR count). The lowest BCUT2D eigenvalue weighted by molar-refractivity contribution is 0.0962. The number of benzene rings is 1. The monoisotopic (exact) mass is 203 g/mol. The molecule has 80 valence electrons. The van der Waals surface area contributed by atoms with Gasteiger partial charge < -0.3 is 5.32 Å². The van der Waals surface area contributed by atoms with E-state index in [0.717, 1.165) is 18.4 Å². The molecular formula is C13H17NO. The second-order valence-corrected chi connectivity index (χ2v) is 4.08. The number of rotatable bonds is 1. The van der Waals surface area contributed by atoms with Gasteiger partial charge in [-0.25, -0.2) is 0 Å². The Morgan fingerprint density at radius 3 is 2.80 bits per heavy atom. The Labute approximate surface area is 90.7 Å². The van der Waals surface area contributed by atoms with Crippen molar-refractivity contribution in [2.45, 2.75) is 32.1 Å². The Morgan fingerprint density at radius 1 is 1.20 bits per heavy atom. The molecule has 0 aliphatic heterocycles. The minimum atomic E-state index is 0.0498. The minimum Gasteiger partial charge on any atom is -0.355 e. The summed E-state index contributed by atoms with van der Waals surface area (Å²) in [5, 5.41) is 2.71. The fourth-order valence-electron chi connectivity index (χ4n) is 2.31. The first-order valence-electron chi connectivity index (χ1n) is 5.66. The molecule has 0 atom stereocenters. The van der Waals surface area contributed by atoms with Gasteiger partial charge in [0.2, 0.25) is 0 Å². The molecule has 0 bridgehead atoms. The van der Waals surface area contributed by atoms with Gasteiger partial charge in [-0.3, -0.25) is 4.79 Å². The van der Waals surface area contributed by atoms with Gasteiger partial charge in [-0.15, -0.1) is 0 Å². The van der Waals surface area contributed by atoms with Crippen molar-refractivity contribution in [2.75, 3.05) is 7.05 Å². The van der Waals surface area contributed by atoms with E-state index in [4.69, 9.17) is 0 Å². The van der Waals surface area contributed by atoms with E-state index in [-0.39, 0.29) is 5.91 Å². The minimum absolute atomic E-state index is 0.0498. The normalized spacial score (nSPS) is 15.3. The maximum atomic E-state index is 11.7. The molecule has 0 fully saturated rings. The summed E-state index contributed by atoms with van der Waals surface area (Å²) in [6, 6.07) is 6.09. The summed E-state index contributed by atoms with van der Waals surface area (Å²) in [7, 11) is 1.69. The summed E-state index contributed by atoms with van der Waals surface area (Å²) in [4.78, 5) is 11.7. The van der Waals surface area contributed by atoms with Crippen molar-refractivity contribution in [3.05, 3.63) is 34.9 Å². The van der Waals surface area contributed by atoms with Gasteiger partial charge in [0.05, 0.1) is 0 Å². The largest absolute Gasteiger partial charge is 0.355 e. The zero-order valence-electron chi connectivity index (χ0n) is 9.18. The SMILES string of the molecule is CNC(=O)c1cccc2c1CCCCC2. The molecule has 0 saturated heterocycles. The highest BCUT2D eigenvalue weighted by Crippen LogP contribution is 2.23. The number of hydrogen-bond donors (Lipinski definition) is 1. The summed E-state index contributed by atoms with van der Waals surface area (Å²) in [5.74, 6) is 0.0498. The number of hydrogen-bond acceptors (Lipinski definition) is 1. The third kappa shape index (κ3) is 2.04. The van der Waals surface area contributed by atoms with Crippen molar-refractivity contribution < 1.29 is 4.79 Å². The van der Waals surface area contributed by atoms with Crippen molar-refractivity contribution in [1.29, 1.82) is 0 Å². The first-order chi connectivity index (χ1) is 7.33. The predicted octanol–water partition coefficient (Wildman–Crippen LogP) is 2.32. The number of carbonyl (C=O) groups is 1. The topological polar surface area (TPSA) is 29.1 Å². The second kappa shape index (κ2) is 4.47. The molecule has 1 aromatic carbocycles. The molecule has 15 heavy (non-hydrogen) atoms. The lowest BCUT2D eigenvalue weighted by Crippen LogP contribution is -2.20. The molecule has 2 heteroatoms. The van der Waals surface area contributed by atoms with E-state index in [1.165, 1.54) is 30.4 Å². The van der Waals surface area contributed by atoms with Crippen LogP contribution in [0.25, 0.3) is 0 Å². The Morgan fingerprint density at radius 2 is 2.00 bits per heavy atom. The molecule has 0 unspecified atom stereocenters. The summed E-state index contributed by atoms with van der Waals surface area (Å²) in [6.45, 7) is 0. The highest BCUT2D eigenvalue weighted by molar-refractivity contribution is 5.95. The lowest BCUT2D eigenvalue weighted by Gasteiger charge is -2.10. The van der Waals surface area contributed by atoms with Crippen molar-refractivity contribution in [2.24, 2.45) is 0 Å². The van der Waals surface area contributed by atoms with Gasteiger partial charge in [-0.2, -0.15) is 0 Å². The smallest absolute Gasteiger partial charge is 0.251 e. The molecule has 2 nitrogen and oxygen atoms in total. The van der Waals surface area contributed by atoms with Crippen LogP contribution in [0.2, 0.25) is 0 Å². The molecular weight excluding hydrogens is 186 g/mol. The average molecular weight is 203 g/mol. The van der Waals surface area contributed by atoms with Crippen LogP contribution in [0.5, 0.6) is 0 Å². The standard InChI is InChI=1S/C13H17NO/c1-14-13(15)12-9-5-7-10-6-3-2-4-8-11(10)12/h5,7,9H,2-4,6,8H2,1H3,(H,14,15). The quantitative estimate of drug-likeness (QED) is 0.697. The van der Waals surface area contributed by atoms with E-state index < -0.39 is 0 Å². The predicted molar refractivity (Wildman–Crippen MR) is 61.1 cm³/mol. The van der Waals surface area contributed by atoms with Crippen LogP contribution in [-0.4, -0.2) is 13.0 Å². The van der Waals surface area contributed by atoms with Crippen LogP contribution in [-0.2, 0) is 12.8 Å². The zero-order valence-corrected chi connectivity index (χ0v) is 9.18. The van der Waals surface area contributed by atoms with Crippen molar-refractivity contribution in [1.82, 2.24) is 5.32 Å². The molecule has 0 heterocycles. The molecule has 0 saturated carbocycles. The van der Waals surface area contributed by atoms with Gasteiger partial charge in [0.1, 0.15) is 0 Å². The molecule has 1 N–H and O–H groups in total. The molecule has 1 aromatic rings. The third-order valence-electron chi connectivity index (χ3n) is 3.12. The van der Waals surface area contributed by atoms with Crippen LogP contribution in [0.3, 0.4) is 0 Å². The van der Waals surface area contributed by atoms with Gasteiger partial charge in [0.15, 0.2) is 0 Å². The van der Waals surface area contributed by atoms with Gasteiger partial charge >= 0.3 is 0 Å². The van der Waals surface area contributed by atoms with E-state index in [1.54, 1.807) is 7.05 Å². The van der Waals surface area contributed by atoms with Crippen LogP contribution in [0, 0.1) is 0 Å². The third-order valence-corrected chi connectivity index (χ3v) is 3.12. The van der Waals surface area contributed by atoms with E-state index in [0.29, 0.717) is 0 Å². The van der Waals surface area contributed by atoms with Crippen molar-refractivity contribution in [3.63, 3.8) is 0 Å². The van der Waals surface area contributed by atoms with Crippen LogP contribution in [0.1, 0.15) is 40.7 Å². The Kier molecular flexibility index (Phi) is 3.05. The van der Waals surface area contributed by atoms with E-state index in [1.807, 2.05) is 12.1 Å². The summed E-state index contributed by atoms with van der Waals surface area (Å²) in [6.07, 6.45) is 5.92. The molecule has 1 aliphatic rings. The Balaban J connectivity index is 2.43. The van der Waals surface area contributed by atoms with Crippen LogP contribution < -0.4 is 5.32 Å². The van der Waals surface area contributed by atoms with Crippen molar-refractivity contribution >= 4 is 5.91 Å². The number of aryl methyl sites for hydroxylation is 1. The van der Waals surface area contributed by atoms with Gasteiger partial charge in [-0.1, -0.05) is 18.6 Å². The van der Waals surface area contributed by atoms with Gasteiger partial charge in [0, 0.05) is 12.6 Å². The van der Waals surface area contributed by atoms with Crippen molar-refractivity contribution in [3.8, 4) is 0 Å². The van der Waals surface area contributed by atoms with E-state index in [9.17, 15) is 4.79 Å². The number of nitrogens with one attached hydrogen (secondary N) is 1. The summed E-state index contributed by atoms with van der Waals surface area (Å²) in [5.41, 5.74) is 3.51. The second-order valence-electron chi connectivity index (χ2n) is 4.08. The number of carbonyl (C=O) groups excluding carboxylic acids is 1. The van der Waals surface area contributed by atoms with Crippen LogP contribution in [0.4, 0.5) is 0 Å². The summed E-state index contributed by atoms with van der Waals surface area (Å²) >= 11 is 0. The zero-order chi connectivity index (χ0) is 10.7. The summed E-state index contributed by atoms with van der Waals surface area (Å²) < 4.78 is 0. The number of fused-ring (bicyclic) bond motifs is 1. The lowest BCUT2D eigenvalue weighted by atomic mass is 9.97. The fraction of sp³-hybridized carbons (Fsp3) is 0.462. The average Bonchev–Trinajstić information content (AvgIpc) is 2.52. The highest BCUT2D eigenvalue weighted by Gasteiger charge is 2.15. The molecule has 0 radical (unpaired) electrons. The first kappa shape index (κ1) is 10.2. The van der Waals surface area contributed by atoms with Crippen LogP contribution >= 0.6 is 0 Å². The first-order valence-corrected chi connectivity index (χ1v) is 5.66. The maximum Gasteiger partial charge on any atom is 0.251 e. The molecule has 1 aliphatic carbocycles. The molecule has 1 amide bonds. The van der Waals surface area contributed by atoms with Crippen LogP contribution in [0.15, 0.2) is 18.2 Å². The fourth-order valence-corrected chi connectivity index (χ4v) is 2.31. The molecule has 0 spiro atoms. The van der Waals surface area contributed by atoms with E-state index in [2.05, 4.69) is 11.4 Å². The highest BCUT2D eigenvalue weighted by atomic mass is 16.1. The maximum absolute atomic E-state index is 11.7. The Bertz CT molecular complexity index is 371. The van der Waals surface area contributed by atoms with E-state index >= 15 is 0 Å². The van der Waals surface area contributed by atoms with Gasteiger partial charge in [0.25, 0.3) is 5.91 Å².